The van der Waals surface area contributed by atoms with E-state index < -0.39 is 29.0 Å². The maximum Gasteiger partial charge on any atom is 0.416 e. The van der Waals surface area contributed by atoms with Gasteiger partial charge in [-0.15, -0.1) is 0 Å². The van der Waals surface area contributed by atoms with Crippen LogP contribution < -0.4 is 5.32 Å². The van der Waals surface area contributed by atoms with E-state index in [0.717, 1.165) is 12.1 Å². The van der Waals surface area contributed by atoms with Crippen LogP contribution in [-0.4, -0.2) is 23.0 Å². The van der Waals surface area contributed by atoms with Gasteiger partial charge in [0, 0.05) is 6.04 Å². The molecule has 1 fully saturated rings. The fourth-order valence-corrected chi connectivity index (χ4v) is 2.26. The molecule has 0 radical (unpaired) electrons. The minimum Gasteiger partial charge on any atom is -0.480 e. The monoisotopic (exact) mass is 315 g/mol. The zero-order valence-corrected chi connectivity index (χ0v) is 11.9. The SMILES string of the molecule is C[C@H](Cc1ccc(C(F)(F)F)cc1)NC(=O)C1(C(=O)O)CC1. The van der Waals surface area contributed by atoms with Gasteiger partial charge in [0.15, 0.2) is 0 Å². The lowest BCUT2D eigenvalue weighted by molar-refractivity contribution is -0.149. The summed E-state index contributed by atoms with van der Waals surface area (Å²) in [5.41, 5.74) is -1.40. The van der Waals surface area contributed by atoms with E-state index in [9.17, 15) is 22.8 Å². The summed E-state index contributed by atoms with van der Waals surface area (Å²) >= 11 is 0. The Bertz CT molecular complexity index is 577. The predicted molar refractivity (Wildman–Crippen MR) is 72.1 cm³/mol. The highest BCUT2D eigenvalue weighted by molar-refractivity contribution is 6.04. The van der Waals surface area contributed by atoms with Crippen molar-refractivity contribution in [3.8, 4) is 0 Å². The highest BCUT2D eigenvalue weighted by Gasteiger charge is 2.57. The lowest BCUT2D eigenvalue weighted by Crippen LogP contribution is -2.42. The van der Waals surface area contributed by atoms with Gasteiger partial charge in [0.05, 0.1) is 5.56 Å². The quantitative estimate of drug-likeness (QED) is 0.821. The van der Waals surface area contributed by atoms with Crippen molar-refractivity contribution in [3.05, 3.63) is 35.4 Å². The average molecular weight is 315 g/mol. The van der Waals surface area contributed by atoms with E-state index in [1.807, 2.05) is 0 Å². The summed E-state index contributed by atoms with van der Waals surface area (Å²) in [6.45, 7) is 1.69. The van der Waals surface area contributed by atoms with Crippen LogP contribution in [0.1, 0.15) is 30.9 Å². The van der Waals surface area contributed by atoms with E-state index >= 15 is 0 Å². The number of hydrogen-bond acceptors (Lipinski definition) is 2. The smallest absolute Gasteiger partial charge is 0.416 e. The Balaban J connectivity index is 1.94. The Morgan fingerprint density at radius 1 is 1.27 bits per heavy atom. The Morgan fingerprint density at radius 3 is 2.23 bits per heavy atom. The van der Waals surface area contributed by atoms with Crippen molar-refractivity contribution in [2.24, 2.45) is 5.41 Å². The number of aliphatic carboxylic acids is 1. The van der Waals surface area contributed by atoms with Crippen LogP contribution in [0.5, 0.6) is 0 Å². The van der Waals surface area contributed by atoms with E-state index in [4.69, 9.17) is 5.11 Å². The maximum absolute atomic E-state index is 12.5. The van der Waals surface area contributed by atoms with Gasteiger partial charge in [0.25, 0.3) is 0 Å². The second-order valence-electron chi connectivity index (χ2n) is 5.66. The number of rotatable bonds is 5. The molecule has 120 valence electrons. The van der Waals surface area contributed by atoms with Gasteiger partial charge in [-0.25, -0.2) is 0 Å². The second-order valence-corrected chi connectivity index (χ2v) is 5.66. The summed E-state index contributed by atoms with van der Waals surface area (Å²) in [6.07, 6.45) is -3.40. The first kappa shape index (κ1) is 16.3. The fraction of sp³-hybridized carbons (Fsp3) is 0.467. The molecule has 1 saturated carbocycles. The molecule has 0 aromatic heterocycles. The van der Waals surface area contributed by atoms with Crippen LogP contribution >= 0.6 is 0 Å². The summed E-state index contributed by atoms with van der Waals surface area (Å²) in [5, 5.41) is 11.6. The van der Waals surface area contributed by atoms with Crippen molar-refractivity contribution < 1.29 is 27.9 Å². The first-order valence-corrected chi connectivity index (χ1v) is 6.86. The Labute approximate surface area is 125 Å². The number of amides is 1. The van der Waals surface area contributed by atoms with Gasteiger partial charge in [-0.05, 0) is 43.9 Å². The molecule has 2 rings (SSSR count). The molecule has 4 nitrogen and oxygen atoms in total. The molecule has 1 aliphatic carbocycles. The fourth-order valence-electron chi connectivity index (χ4n) is 2.26. The number of carbonyl (C=O) groups excluding carboxylic acids is 1. The molecule has 1 aliphatic rings. The Kier molecular flexibility index (Phi) is 4.17. The first-order valence-electron chi connectivity index (χ1n) is 6.86. The minimum absolute atomic E-state index is 0.321. The Hall–Kier alpha value is -2.05. The Morgan fingerprint density at radius 2 is 1.82 bits per heavy atom. The molecule has 0 heterocycles. The molecule has 0 aliphatic heterocycles. The van der Waals surface area contributed by atoms with E-state index in [1.54, 1.807) is 6.92 Å². The molecule has 2 N–H and O–H groups in total. The highest BCUT2D eigenvalue weighted by atomic mass is 19.4. The molecular formula is C15H16F3NO3. The van der Waals surface area contributed by atoms with Crippen molar-refractivity contribution in [1.82, 2.24) is 5.32 Å². The largest absolute Gasteiger partial charge is 0.480 e. The third kappa shape index (κ3) is 3.40. The van der Waals surface area contributed by atoms with Crippen LogP contribution in [-0.2, 0) is 22.2 Å². The molecule has 0 spiro atoms. The van der Waals surface area contributed by atoms with E-state index in [2.05, 4.69) is 5.32 Å². The topological polar surface area (TPSA) is 66.4 Å². The van der Waals surface area contributed by atoms with Crippen LogP contribution in [0.2, 0.25) is 0 Å². The third-order valence-corrected chi connectivity index (χ3v) is 3.79. The minimum atomic E-state index is -4.38. The number of carbonyl (C=O) groups is 2. The molecule has 0 unspecified atom stereocenters. The van der Waals surface area contributed by atoms with E-state index in [-0.39, 0.29) is 6.04 Å². The normalized spacial score (nSPS) is 17.6. The lowest BCUT2D eigenvalue weighted by atomic mass is 10.0. The number of alkyl halides is 3. The first-order chi connectivity index (χ1) is 10.1. The van der Waals surface area contributed by atoms with Crippen molar-refractivity contribution in [2.75, 3.05) is 0 Å². The van der Waals surface area contributed by atoms with Crippen LogP contribution in [0.4, 0.5) is 13.2 Å². The number of halogens is 3. The summed E-state index contributed by atoms with van der Waals surface area (Å²) in [6, 6.07) is 4.33. The van der Waals surface area contributed by atoms with Crippen molar-refractivity contribution in [1.29, 1.82) is 0 Å². The van der Waals surface area contributed by atoms with Crippen molar-refractivity contribution >= 4 is 11.9 Å². The van der Waals surface area contributed by atoms with Gasteiger partial charge in [-0.1, -0.05) is 12.1 Å². The zero-order valence-electron chi connectivity index (χ0n) is 11.9. The van der Waals surface area contributed by atoms with Gasteiger partial charge < -0.3 is 10.4 Å². The van der Waals surface area contributed by atoms with Crippen LogP contribution in [0.3, 0.4) is 0 Å². The lowest BCUT2D eigenvalue weighted by Gasteiger charge is -2.17. The summed E-state index contributed by atoms with van der Waals surface area (Å²) < 4.78 is 37.4. The van der Waals surface area contributed by atoms with Gasteiger partial charge in [-0.3, -0.25) is 9.59 Å². The molecule has 0 bridgehead atoms. The van der Waals surface area contributed by atoms with E-state index in [0.29, 0.717) is 24.8 Å². The highest BCUT2D eigenvalue weighted by Crippen LogP contribution is 2.46. The predicted octanol–water partition coefficient (Wildman–Crippen LogP) is 2.62. The molecule has 22 heavy (non-hydrogen) atoms. The molecule has 0 saturated heterocycles. The van der Waals surface area contributed by atoms with Crippen molar-refractivity contribution in [2.45, 2.75) is 38.4 Å². The molecular weight excluding hydrogens is 299 g/mol. The number of carboxylic acid groups (broad SMARTS) is 1. The van der Waals surface area contributed by atoms with Crippen LogP contribution in [0.15, 0.2) is 24.3 Å². The molecule has 7 heteroatoms. The zero-order chi connectivity index (χ0) is 16.5. The van der Waals surface area contributed by atoms with Gasteiger partial charge in [-0.2, -0.15) is 13.2 Å². The van der Waals surface area contributed by atoms with Gasteiger partial charge in [0.1, 0.15) is 5.41 Å². The number of carboxylic acids is 1. The molecule has 1 atom stereocenters. The van der Waals surface area contributed by atoms with Crippen LogP contribution in [0.25, 0.3) is 0 Å². The average Bonchev–Trinajstić information content (AvgIpc) is 3.19. The number of hydrogen-bond donors (Lipinski definition) is 2. The van der Waals surface area contributed by atoms with E-state index in [1.165, 1.54) is 12.1 Å². The standard InChI is InChI=1S/C15H16F3NO3/c1-9(19-12(20)14(6-7-14)13(21)22)8-10-2-4-11(5-3-10)15(16,17)18/h2-5,9H,6-8H2,1H3,(H,19,20)(H,21,22)/t9-/m1/s1. The second kappa shape index (κ2) is 5.62. The summed E-state index contributed by atoms with van der Waals surface area (Å²) in [7, 11) is 0. The number of nitrogens with one attached hydrogen (secondary N) is 1. The van der Waals surface area contributed by atoms with Crippen molar-refractivity contribution in [3.63, 3.8) is 0 Å². The maximum atomic E-state index is 12.5. The third-order valence-electron chi connectivity index (χ3n) is 3.79. The van der Waals surface area contributed by atoms with Gasteiger partial charge in [0.2, 0.25) is 5.91 Å². The summed E-state index contributed by atoms with van der Waals surface area (Å²) in [5.74, 6) is -1.66. The molecule has 1 amide bonds. The number of benzene rings is 1. The van der Waals surface area contributed by atoms with Gasteiger partial charge >= 0.3 is 12.1 Å². The molecule has 1 aromatic rings. The van der Waals surface area contributed by atoms with Crippen LogP contribution in [0, 0.1) is 5.41 Å². The summed E-state index contributed by atoms with van der Waals surface area (Å²) in [4.78, 5) is 22.9. The molecule has 1 aromatic carbocycles.